The van der Waals surface area contributed by atoms with Crippen molar-refractivity contribution in [2.75, 3.05) is 0 Å². The van der Waals surface area contributed by atoms with Crippen molar-refractivity contribution in [3.63, 3.8) is 0 Å². The minimum absolute atomic E-state index is 0.0418. The van der Waals surface area contributed by atoms with Gasteiger partial charge in [-0.05, 0) is 43.6 Å². The van der Waals surface area contributed by atoms with Crippen LogP contribution in [-0.2, 0) is 11.2 Å². The molecule has 0 heterocycles. The number of hydrogen-bond donors (Lipinski definition) is 3. The van der Waals surface area contributed by atoms with Gasteiger partial charge in [0.15, 0.2) is 0 Å². The van der Waals surface area contributed by atoms with Crippen molar-refractivity contribution in [3.8, 4) is 0 Å². The number of aliphatic hydroxyl groups excluding tert-OH is 3. The van der Waals surface area contributed by atoms with E-state index >= 15 is 0 Å². The van der Waals surface area contributed by atoms with Crippen LogP contribution in [0.25, 0.3) is 0 Å². The van der Waals surface area contributed by atoms with Gasteiger partial charge >= 0.3 is 0 Å². The smallest absolute Gasteiger partial charge is 0.120 e. The third-order valence-electron chi connectivity index (χ3n) is 5.31. The van der Waals surface area contributed by atoms with Crippen molar-refractivity contribution in [2.45, 2.75) is 63.3 Å². The summed E-state index contributed by atoms with van der Waals surface area (Å²) in [7, 11) is 0. The predicted octanol–water partition coefficient (Wildman–Crippen LogP) is 3.21. The molecule has 0 spiro atoms. The number of carbonyl (C=O) groups is 1. The number of allylic oxidation sites excluding steroid dienone is 2. The third kappa shape index (κ3) is 7.41. The second kappa shape index (κ2) is 11.9. The van der Waals surface area contributed by atoms with Gasteiger partial charge in [0.25, 0.3) is 0 Å². The Morgan fingerprint density at radius 2 is 1.85 bits per heavy atom. The van der Waals surface area contributed by atoms with Gasteiger partial charge < -0.3 is 20.1 Å². The van der Waals surface area contributed by atoms with E-state index in [9.17, 15) is 20.1 Å². The Morgan fingerprint density at radius 1 is 1.07 bits per heavy atom. The van der Waals surface area contributed by atoms with Crippen molar-refractivity contribution >= 4 is 6.29 Å². The van der Waals surface area contributed by atoms with E-state index in [0.29, 0.717) is 25.7 Å². The Morgan fingerprint density at radius 3 is 2.59 bits per heavy atom. The SMILES string of the molecule is O=CCCC/C=C\C[C@@H]1[C@@H](/C=C/[C@@H](O)CCc2ccccc2)[C@H](O)C[C@@H]1O. The molecule has 4 nitrogen and oxygen atoms in total. The molecule has 1 aromatic rings. The molecule has 1 aliphatic rings. The Hall–Kier alpha value is -1.75. The highest BCUT2D eigenvalue weighted by Gasteiger charge is 2.39. The van der Waals surface area contributed by atoms with Crippen LogP contribution in [0.5, 0.6) is 0 Å². The molecule has 0 unspecified atom stereocenters. The highest BCUT2D eigenvalue weighted by Crippen LogP contribution is 2.36. The van der Waals surface area contributed by atoms with Gasteiger partial charge in [0.05, 0.1) is 18.3 Å². The van der Waals surface area contributed by atoms with E-state index in [0.717, 1.165) is 25.5 Å². The van der Waals surface area contributed by atoms with E-state index in [2.05, 4.69) is 0 Å². The highest BCUT2D eigenvalue weighted by molar-refractivity contribution is 5.49. The molecule has 148 valence electrons. The standard InChI is InChI=1S/C23H32O4/c24-16-8-3-1-2-7-11-20-21(23(27)17-22(20)26)15-14-19(25)13-12-18-9-5-4-6-10-18/h2,4-7,9-10,14-16,19-23,25-27H,1,3,8,11-13,17H2/b7-2-,15-14+/t19-,20+,21+,22-,23+/m0/s1. The first-order chi connectivity index (χ1) is 13.1. The van der Waals surface area contributed by atoms with E-state index in [1.807, 2.05) is 48.6 Å². The summed E-state index contributed by atoms with van der Waals surface area (Å²) in [6.07, 6.45) is 11.7. The van der Waals surface area contributed by atoms with Crippen LogP contribution in [-0.4, -0.2) is 39.9 Å². The summed E-state index contributed by atoms with van der Waals surface area (Å²) >= 11 is 0. The molecule has 27 heavy (non-hydrogen) atoms. The number of rotatable bonds is 11. The zero-order chi connectivity index (χ0) is 19.5. The fourth-order valence-electron chi connectivity index (χ4n) is 3.71. The molecule has 3 N–H and O–H groups in total. The highest BCUT2D eigenvalue weighted by atomic mass is 16.3. The minimum Gasteiger partial charge on any atom is -0.393 e. The Balaban J connectivity index is 1.83. The minimum atomic E-state index is -0.578. The number of aliphatic hydroxyl groups is 3. The number of carbonyl (C=O) groups excluding carboxylic acids is 1. The van der Waals surface area contributed by atoms with Gasteiger partial charge in [0, 0.05) is 18.8 Å². The van der Waals surface area contributed by atoms with Crippen molar-refractivity contribution in [3.05, 3.63) is 60.2 Å². The average molecular weight is 373 g/mol. The number of hydrogen-bond acceptors (Lipinski definition) is 4. The van der Waals surface area contributed by atoms with Gasteiger partial charge in [0.2, 0.25) is 0 Å². The van der Waals surface area contributed by atoms with Crippen LogP contribution in [0.2, 0.25) is 0 Å². The summed E-state index contributed by atoms with van der Waals surface area (Å²) in [4.78, 5) is 10.3. The molecule has 0 radical (unpaired) electrons. The van der Waals surface area contributed by atoms with Gasteiger partial charge in [-0.3, -0.25) is 0 Å². The predicted molar refractivity (Wildman–Crippen MR) is 107 cm³/mol. The van der Waals surface area contributed by atoms with Crippen LogP contribution < -0.4 is 0 Å². The zero-order valence-electron chi connectivity index (χ0n) is 15.9. The average Bonchev–Trinajstić information content (AvgIpc) is 2.94. The second-order valence-electron chi connectivity index (χ2n) is 7.39. The summed E-state index contributed by atoms with van der Waals surface area (Å²) in [6, 6.07) is 10.1. The maximum Gasteiger partial charge on any atom is 0.120 e. The second-order valence-corrected chi connectivity index (χ2v) is 7.39. The third-order valence-corrected chi connectivity index (χ3v) is 5.31. The molecular weight excluding hydrogens is 340 g/mol. The monoisotopic (exact) mass is 372 g/mol. The Kier molecular flexibility index (Phi) is 9.46. The van der Waals surface area contributed by atoms with E-state index in [1.165, 1.54) is 5.56 Å². The lowest BCUT2D eigenvalue weighted by atomic mass is 9.89. The molecule has 2 rings (SSSR count). The topological polar surface area (TPSA) is 77.8 Å². The fourth-order valence-corrected chi connectivity index (χ4v) is 3.71. The molecule has 0 bridgehead atoms. The molecule has 0 amide bonds. The van der Waals surface area contributed by atoms with Gasteiger partial charge in [-0.1, -0.05) is 54.6 Å². The number of benzene rings is 1. The van der Waals surface area contributed by atoms with E-state index in [4.69, 9.17) is 0 Å². The molecule has 1 saturated carbocycles. The molecule has 0 aromatic heterocycles. The first kappa shape index (κ1) is 21.5. The molecule has 4 heteroatoms. The normalized spacial score (nSPS) is 26.8. The Bertz CT molecular complexity index is 596. The number of aldehydes is 1. The van der Waals surface area contributed by atoms with E-state index in [-0.39, 0.29) is 11.8 Å². The summed E-state index contributed by atoms with van der Waals surface area (Å²) < 4.78 is 0. The van der Waals surface area contributed by atoms with Crippen LogP contribution in [0.3, 0.4) is 0 Å². The van der Waals surface area contributed by atoms with Crippen LogP contribution in [0.4, 0.5) is 0 Å². The first-order valence-corrected chi connectivity index (χ1v) is 9.97. The van der Waals surface area contributed by atoms with Gasteiger partial charge in [-0.15, -0.1) is 0 Å². The van der Waals surface area contributed by atoms with Crippen LogP contribution in [0, 0.1) is 11.8 Å². The molecule has 0 aliphatic heterocycles. The van der Waals surface area contributed by atoms with Gasteiger partial charge in [0.1, 0.15) is 6.29 Å². The molecule has 5 atom stereocenters. The maximum absolute atomic E-state index is 10.3. The molecule has 1 fully saturated rings. The summed E-state index contributed by atoms with van der Waals surface area (Å²) in [5.41, 5.74) is 1.19. The van der Waals surface area contributed by atoms with Crippen molar-refractivity contribution in [1.82, 2.24) is 0 Å². The van der Waals surface area contributed by atoms with E-state index in [1.54, 1.807) is 6.08 Å². The molecule has 1 aromatic carbocycles. The van der Waals surface area contributed by atoms with E-state index < -0.39 is 18.3 Å². The molecular formula is C23H32O4. The summed E-state index contributed by atoms with van der Waals surface area (Å²) in [6.45, 7) is 0. The Labute approximate surface area is 162 Å². The van der Waals surface area contributed by atoms with Gasteiger partial charge in [-0.25, -0.2) is 0 Å². The fraction of sp³-hybridized carbons (Fsp3) is 0.522. The summed E-state index contributed by atoms with van der Waals surface area (Å²) in [5, 5.41) is 30.8. The summed E-state index contributed by atoms with van der Waals surface area (Å²) in [5.74, 6) is -0.189. The van der Waals surface area contributed by atoms with Crippen LogP contribution >= 0.6 is 0 Å². The molecule has 0 saturated heterocycles. The van der Waals surface area contributed by atoms with Crippen molar-refractivity contribution in [2.24, 2.45) is 11.8 Å². The van der Waals surface area contributed by atoms with Gasteiger partial charge in [-0.2, -0.15) is 0 Å². The first-order valence-electron chi connectivity index (χ1n) is 9.97. The van der Waals surface area contributed by atoms with Crippen molar-refractivity contribution in [1.29, 1.82) is 0 Å². The molecule has 1 aliphatic carbocycles. The lowest BCUT2D eigenvalue weighted by molar-refractivity contribution is -0.107. The quantitative estimate of drug-likeness (QED) is 0.317. The number of unbranched alkanes of at least 4 members (excludes halogenated alkanes) is 2. The lowest BCUT2D eigenvalue weighted by Crippen LogP contribution is -2.20. The number of aryl methyl sites for hydroxylation is 1. The van der Waals surface area contributed by atoms with Crippen LogP contribution in [0.1, 0.15) is 44.1 Å². The maximum atomic E-state index is 10.3. The zero-order valence-corrected chi connectivity index (χ0v) is 15.9. The largest absolute Gasteiger partial charge is 0.393 e. The van der Waals surface area contributed by atoms with Crippen LogP contribution in [0.15, 0.2) is 54.6 Å². The lowest BCUT2D eigenvalue weighted by Gasteiger charge is -2.19. The van der Waals surface area contributed by atoms with Crippen molar-refractivity contribution < 1.29 is 20.1 Å².